The molecule has 1 aliphatic carbocycles. The van der Waals surface area contributed by atoms with Gasteiger partial charge in [0.25, 0.3) is 5.56 Å². The number of hydrogen-bond acceptors (Lipinski definition) is 5. The molecule has 184 valence electrons. The highest BCUT2D eigenvalue weighted by Crippen LogP contribution is 2.16. The van der Waals surface area contributed by atoms with E-state index < -0.39 is 5.69 Å². The van der Waals surface area contributed by atoms with Gasteiger partial charge in [0.05, 0.1) is 6.54 Å². The van der Waals surface area contributed by atoms with E-state index in [-0.39, 0.29) is 48.6 Å². The van der Waals surface area contributed by atoms with E-state index in [1.165, 1.54) is 4.57 Å². The maximum atomic E-state index is 12.7. The van der Waals surface area contributed by atoms with E-state index in [4.69, 9.17) is 0 Å². The molecule has 0 radical (unpaired) electrons. The molecular weight excluding hydrogens is 432 g/mol. The van der Waals surface area contributed by atoms with Crippen molar-refractivity contribution in [1.29, 1.82) is 0 Å². The number of nitrogens with one attached hydrogen (secondary N) is 2. The van der Waals surface area contributed by atoms with Gasteiger partial charge < -0.3 is 5.32 Å². The monoisotopic (exact) mass is 468 g/mol. The van der Waals surface area contributed by atoms with Crippen molar-refractivity contribution < 1.29 is 9.59 Å². The Bertz CT molecular complexity index is 1080. The van der Waals surface area contributed by atoms with Crippen LogP contribution in [-0.4, -0.2) is 34.0 Å². The minimum atomic E-state index is -0.487. The summed E-state index contributed by atoms with van der Waals surface area (Å²) in [6.07, 6.45) is 16.8. The van der Waals surface area contributed by atoms with Crippen LogP contribution in [-0.2, 0) is 29.0 Å². The van der Waals surface area contributed by atoms with Crippen molar-refractivity contribution in [1.82, 2.24) is 14.9 Å². The molecule has 0 saturated carbocycles. The largest absolute Gasteiger partial charge is 0.349 e. The van der Waals surface area contributed by atoms with Crippen LogP contribution < -0.4 is 16.6 Å². The lowest BCUT2D eigenvalue weighted by molar-refractivity contribution is -0.126. The number of hydrogen-bond donors (Lipinski definition) is 2. The predicted octanol–water partition coefficient (Wildman–Crippen LogP) is 2.87. The summed E-state index contributed by atoms with van der Waals surface area (Å²) in [4.78, 5) is 55.8. The smallest absolute Gasteiger partial charge is 0.328 e. The lowest BCUT2D eigenvalue weighted by Gasteiger charge is -2.19. The van der Waals surface area contributed by atoms with E-state index >= 15 is 0 Å². The Hall–Kier alpha value is -3.29. The SMILES string of the molecule is C/C=C\N=CC(C)/C=C/CC(/C=C\C)C(=O)CNC(=O)CCn1c2c(c(=O)[nH]c1=O)CCCC2. The topological polar surface area (TPSA) is 113 Å². The van der Waals surface area contributed by atoms with E-state index in [9.17, 15) is 19.2 Å². The molecule has 34 heavy (non-hydrogen) atoms. The number of carbonyl (C=O) groups excluding carboxylic acids is 2. The standard InChI is InChI=1S/C26H36N4O4/c1-4-9-20(11-8-10-19(3)17-27-15-5-2)23(31)18-28-24(32)14-16-30-22-13-7-6-12-21(22)25(33)29-26(30)34/h4-5,8-10,15,17,19-20H,6-7,11-14,16,18H2,1-3H3,(H,28,32)(H,29,33,34)/b9-4-,10-8+,15-5-,27-17?. The van der Waals surface area contributed by atoms with E-state index in [1.54, 1.807) is 6.20 Å². The van der Waals surface area contributed by atoms with Crippen molar-refractivity contribution in [3.05, 3.63) is 68.7 Å². The quantitative estimate of drug-likeness (QED) is 0.363. The molecule has 0 aliphatic heterocycles. The lowest BCUT2D eigenvalue weighted by atomic mass is 9.97. The number of aromatic nitrogens is 2. The van der Waals surface area contributed by atoms with E-state index in [1.807, 2.05) is 57.4 Å². The lowest BCUT2D eigenvalue weighted by Crippen LogP contribution is -2.38. The molecule has 0 bridgehead atoms. The molecule has 8 heteroatoms. The van der Waals surface area contributed by atoms with Crippen molar-refractivity contribution in [2.45, 2.75) is 65.8 Å². The molecule has 1 aromatic rings. The van der Waals surface area contributed by atoms with Gasteiger partial charge in [-0.15, -0.1) is 0 Å². The average molecular weight is 469 g/mol. The summed E-state index contributed by atoms with van der Waals surface area (Å²) in [6, 6.07) is 0. The van der Waals surface area contributed by atoms with Crippen LogP contribution in [0.4, 0.5) is 0 Å². The van der Waals surface area contributed by atoms with Crippen molar-refractivity contribution in [3.63, 3.8) is 0 Å². The van der Waals surface area contributed by atoms with E-state index in [2.05, 4.69) is 15.3 Å². The van der Waals surface area contributed by atoms with Gasteiger partial charge in [-0.2, -0.15) is 0 Å². The van der Waals surface area contributed by atoms with Crippen LogP contribution in [0.15, 0.2) is 51.2 Å². The molecule has 2 unspecified atom stereocenters. The average Bonchev–Trinajstić information content (AvgIpc) is 2.82. The van der Waals surface area contributed by atoms with Gasteiger partial charge in [0, 0.05) is 48.5 Å². The van der Waals surface area contributed by atoms with Gasteiger partial charge in [-0.1, -0.05) is 37.3 Å². The highest BCUT2D eigenvalue weighted by atomic mass is 16.2. The van der Waals surface area contributed by atoms with Crippen molar-refractivity contribution >= 4 is 17.9 Å². The molecular formula is C26H36N4O4. The number of rotatable bonds is 12. The molecule has 8 nitrogen and oxygen atoms in total. The van der Waals surface area contributed by atoms with Gasteiger partial charge in [0.1, 0.15) is 0 Å². The minimum Gasteiger partial charge on any atom is -0.349 e. The van der Waals surface area contributed by atoms with Crippen LogP contribution in [0.2, 0.25) is 0 Å². The Morgan fingerprint density at radius 3 is 2.65 bits per heavy atom. The third-order valence-corrected chi connectivity index (χ3v) is 5.75. The van der Waals surface area contributed by atoms with Gasteiger partial charge in [-0.25, -0.2) is 4.79 Å². The van der Waals surface area contributed by atoms with Gasteiger partial charge >= 0.3 is 5.69 Å². The number of fused-ring (bicyclic) bond motifs is 1. The highest BCUT2D eigenvalue weighted by molar-refractivity contribution is 5.88. The summed E-state index contributed by atoms with van der Waals surface area (Å²) in [5.74, 6) is -0.557. The Labute approximate surface area is 200 Å². The zero-order chi connectivity index (χ0) is 24.9. The van der Waals surface area contributed by atoms with Gasteiger partial charge in [-0.3, -0.25) is 28.9 Å². The fraction of sp³-hybridized carbons (Fsp3) is 0.500. The Morgan fingerprint density at radius 2 is 1.91 bits per heavy atom. The van der Waals surface area contributed by atoms with E-state index in [0.717, 1.165) is 18.5 Å². The number of ketones is 1. The van der Waals surface area contributed by atoms with Crippen LogP contribution in [0.1, 0.15) is 57.7 Å². The zero-order valence-electron chi connectivity index (χ0n) is 20.4. The maximum absolute atomic E-state index is 12.7. The number of Topliss-reactive ketones (excluding diaryl/α,β-unsaturated/α-hetero) is 1. The normalized spacial score (nSPS) is 15.9. The number of aliphatic imine (C=N–C) groups is 1. The Morgan fingerprint density at radius 1 is 1.15 bits per heavy atom. The third kappa shape index (κ3) is 8.24. The maximum Gasteiger partial charge on any atom is 0.328 e. The number of carbonyl (C=O) groups is 2. The molecule has 1 amide bonds. The summed E-state index contributed by atoms with van der Waals surface area (Å²) in [5, 5.41) is 2.67. The second-order valence-corrected chi connectivity index (χ2v) is 8.47. The van der Waals surface area contributed by atoms with Crippen molar-refractivity contribution in [3.8, 4) is 0 Å². The van der Waals surface area contributed by atoms with Crippen molar-refractivity contribution in [2.24, 2.45) is 16.8 Å². The first kappa shape index (κ1) is 27.0. The summed E-state index contributed by atoms with van der Waals surface area (Å²) < 4.78 is 1.49. The molecule has 1 heterocycles. The highest BCUT2D eigenvalue weighted by Gasteiger charge is 2.19. The Balaban J connectivity index is 1.89. The summed E-state index contributed by atoms with van der Waals surface area (Å²) in [7, 11) is 0. The number of aromatic amines is 1. The van der Waals surface area contributed by atoms with Crippen LogP contribution in [0, 0.1) is 11.8 Å². The van der Waals surface area contributed by atoms with Crippen LogP contribution >= 0.6 is 0 Å². The number of allylic oxidation sites excluding steroid dienone is 5. The van der Waals surface area contributed by atoms with Crippen LogP contribution in [0.3, 0.4) is 0 Å². The van der Waals surface area contributed by atoms with Crippen molar-refractivity contribution in [2.75, 3.05) is 6.54 Å². The summed E-state index contributed by atoms with van der Waals surface area (Å²) >= 11 is 0. The van der Waals surface area contributed by atoms with Gasteiger partial charge in [-0.05, 0) is 46.0 Å². The predicted molar refractivity (Wildman–Crippen MR) is 135 cm³/mol. The summed E-state index contributed by atoms with van der Waals surface area (Å²) in [6.45, 7) is 5.88. The van der Waals surface area contributed by atoms with Gasteiger partial charge in [0.2, 0.25) is 5.91 Å². The molecule has 0 fully saturated rings. The first-order chi connectivity index (χ1) is 16.4. The summed E-state index contributed by atoms with van der Waals surface area (Å²) in [5.41, 5.74) is 0.564. The fourth-order valence-electron chi connectivity index (χ4n) is 3.96. The zero-order valence-corrected chi connectivity index (χ0v) is 20.4. The molecule has 1 aromatic heterocycles. The molecule has 0 aromatic carbocycles. The molecule has 1 aliphatic rings. The minimum absolute atomic E-state index is 0.0584. The Kier molecular flexibility index (Phi) is 11.2. The second-order valence-electron chi connectivity index (χ2n) is 8.47. The molecule has 0 spiro atoms. The van der Waals surface area contributed by atoms with Crippen LogP contribution in [0.25, 0.3) is 0 Å². The molecule has 2 rings (SSSR count). The second kappa shape index (κ2) is 14.1. The van der Waals surface area contributed by atoms with E-state index in [0.29, 0.717) is 24.8 Å². The fourth-order valence-corrected chi connectivity index (χ4v) is 3.96. The molecule has 2 atom stereocenters. The number of nitrogens with zero attached hydrogens (tertiary/aromatic N) is 2. The molecule has 0 saturated heterocycles. The first-order valence-electron chi connectivity index (χ1n) is 12.0. The third-order valence-electron chi connectivity index (χ3n) is 5.75. The number of H-pyrrole nitrogens is 1. The van der Waals surface area contributed by atoms with Crippen LogP contribution in [0.5, 0.6) is 0 Å². The molecule has 2 N–H and O–H groups in total. The first-order valence-corrected chi connectivity index (χ1v) is 12.0. The number of amides is 1. The van der Waals surface area contributed by atoms with Gasteiger partial charge in [0.15, 0.2) is 5.78 Å².